The first-order chi connectivity index (χ1) is 11.8. The first-order valence-corrected chi connectivity index (χ1v) is 8.58. The minimum Gasteiger partial charge on any atom is -0.497 e. The predicted octanol–water partition coefficient (Wildman–Crippen LogP) is 1.40. The van der Waals surface area contributed by atoms with E-state index in [-0.39, 0.29) is 12.5 Å². The van der Waals surface area contributed by atoms with Crippen molar-refractivity contribution in [3.63, 3.8) is 0 Å². The summed E-state index contributed by atoms with van der Waals surface area (Å²) >= 11 is 0. The maximum atomic E-state index is 12.2. The molecule has 6 heteroatoms. The van der Waals surface area contributed by atoms with Crippen LogP contribution in [0.1, 0.15) is 6.42 Å². The van der Waals surface area contributed by atoms with Gasteiger partial charge in [-0.3, -0.25) is 4.79 Å². The van der Waals surface area contributed by atoms with Gasteiger partial charge in [-0.1, -0.05) is 6.07 Å². The lowest BCUT2D eigenvalue weighted by Gasteiger charge is -2.36. The normalized spacial score (nSPS) is 21.1. The fraction of sp³-hybridized carbons (Fsp3) is 0.611. The van der Waals surface area contributed by atoms with E-state index in [1.54, 1.807) is 7.11 Å². The maximum absolute atomic E-state index is 12.2. The first kappa shape index (κ1) is 17.0. The summed E-state index contributed by atoms with van der Waals surface area (Å²) in [7, 11) is 1.67. The molecule has 0 radical (unpaired) electrons. The molecule has 1 aromatic rings. The Hall–Kier alpha value is -1.79. The Morgan fingerprint density at radius 3 is 2.83 bits per heavy atom. The lowest BCUT2D eigenvalue weighted by Crippen LogP contribution is -2.49. The number of ether oxygens (including phenoxy) is 3. The van der Waals surface area contributed by atoms with E-state index in [1.165, 1.54) is 0 Å². The molecule has 2 fully saturated rings. The molecule has 6 nitrogen and oxygen atoms in total. The Bertz CT molecular complexity index is 538. The third-order valence-corrected chi connectivity index (χ3v) is 4.65. The predicted molar refractivity (Wildman–Crippen MR) is 91.5 cm³/mol. The fourth-order valence-electron chi connectivity index (χ4n) is 3.14. The number of piperazine rings is 1. The first-order valence-electron chi connectivity index (χ1n) is 8.58. The van der Waals surface area contributed by atoms with Crippen LogP contribution in [-0.2, 0) is 14.3 Å². The van der Waals surface area contributed by atoms with Gasteiger partial charge in [0.25, 0.3) is 0 Å². The summed E-state index contributed by atoms with van der Waals surface area (Å²) in [5, 5.41) is 0. The molecule has 0 saturated carbocycles. The molecule has 1 aromatic carbocycles. The Morgan fingerprint density at radius 1 is 1.29 bits per heavy atom. The number of nitrogens with zero attached hydrogens (tertiary/aromatic N) is 2. The van der Waals surface area contributed by atoms with Gasteiger partial charge >= 0.3 is 0 Å². The number of carbonyl (C=O) groups excluding carboxylic acids is 1. The van der Waals surface area contributed by atoms with Crippen LogP contribution >= 0.6 is 0 Å². The van der Waals surface area contributed by atoms with Gasteiger partial charge in [-0.15, -0.1) is 0 Å². The van der Waals surface area contributed by atoms with Crippen LogP contribution in [0.4, 0.5) is 5.69 Å². The van der Waals surface area contributed by atoms with E-state index in [0.717, 1.165) is 57.3 Å². The van der Waals surface area contributed by atoms with Crippen LogP contribution in [0.3, 0.4) is 0 Å². The number of methoxy groups -OCH3 is 1. The highest BCUT2D eigenvalue weighted by atomic mass is 16.5. The summed E-state index contributed by atoms with van der Waals surface area (Å²) in [6.07, 6.45) is 1.04. The highest BCUT2D eigenvalue weighted by Gasteiger charge is 2.22. The van der Waals surface area contributed by atoms with E-state index in [4.69, 9.17) is 14.2 Å². The van der Waals surface area contributed by atoms with Gasteiger partial charge in [-0.05, 0) is 18.6 Å². The molecule has 3 rings (SSSR count). The van der Waals surface area contributed by atoms with Gasteiger partial charge in [0.15, 0.2) is 0 Å². The molecule has 0 aliphatic carbocycles. The summed E-state index contributed by atoms with van der Waals surface area (Å²) in [5.74, 6) is 1.39. The van der Waals surface area contributed by atoms with Crippen LogP contribution in [0.25, 0.3) is 0 Å². The van der Waals surface area contributed by atoms with Gasteiger partial charge in [0.1, 0.15) is 12.4 Å². The molecule has 0 N–H and O–H groups in total. The van der Waals surface area contributed by atoms with Crippen molar-refractivity contribution in [2.45, 2.75) is 6.42 Å². The average molecular weight is 334 g/mol. The van der Waals surface area contributed by atoms with E-state index in [1.807, 2.05) is 23.1 Å². The second-order valence-electron chi connectivity index (χ2n) is 6.31. The van der Waals surface area contributed by atoms with Gasteiger partial charge in [-0.2, -0.15) is 0 Å². The minimum atomic E-state index is 0.0826. The third-order valence-electron chi connectivity index (χ3n) is 4.65. The lowest BCUT2D eigenvalue weighted by atomic mass is 10.1. The maximum Gasteiger partial charge on any atom is 0.248 e. The lowest BCUT2D eigenvalue weighted by molar-refractivity contribution is -0.136. The third kappa shape index (κ3) is 4.39. The van der Waals surface area contributed by atoms with Crippen molar-refractivity contribution in [2.24, 2.45) is 5.92 Å². The standard InChI is InChI=1S/C18H26N2O4/c1-22-17-4-2-3-16(11-17)19-6-8-20(9-7-19)18(21)14-24-13-15-5-10-23-12-15/h2-4,11,15H,5-10,12-14H2,1H3/t15-/m0/s1. The molecule has 0 bridgehead atoms. The molecule has 2 heterocycles. The second kappa shape index (κ2) is 8.35. The van der Waals surface area contributed by atoms with E-state index in [0.29, 0.717) is 12.5 Å². The number of benzene rings is 1. The van der Waals surface area contributed by atoms with Gasteiger partial charge in [-0.25, -0.2) is 0 Å². The van der Waals surface area contributed by atoms with Crippen LogP contribution in [0, 0.1) is 5.92 Å². The summed E-state index contributed by atoms with van der Waals surface area (Å²) < 4.78 is 16.2. The largest absolute Gasteiger partial charge is 0.497 e. The number of carbonyl (C=O) groups is 1. The molecule has 0 unspecified atom stereocenters. The van der Waals surface area contributed by atoms with Crippen LogP contribution in [0.5, 0.6) is 5.75 Å². The Kier molecular flexibility index (Phi) is 5.93. The van der Waals surface area contributed by atoms with Crippen molar-refractivity contribution in [3.05, 3.63) is 24.3 Å². The summed E-state index contributed by atoms with van der Waals surface area (Å²) in [6.45, 7) is 5.48. The minimum absolute atomic E-state index is 0.0826. The van der Waals surface area contributed by atoms with E-state index >= 15 is 0 Å². The summed E-state index contributed by atoms with van der Waals surface area (Å²) in [6, 6.07) is 8.04. The topological polar surface area (TPSA) is 51.2 Å². The van der Waals surface area contributed by atoms with E-state index in [2.05, 4.69) is 11.0 Å². The highest BCUT2D eigenvalue weighted by molar-refractivity contribution is 5.77. The number of amides is 1. The molecule has 132 valence electrons. The Balaban J connectivity index is 1.41. The monoisotopic (exact) mass is 334 g/mol. The van der Waals surface area contributed by atoms with Crippen molar-refractivity contribution in [2.75, 3.05) is 64.6 Å². The van der Waals surface area contributed by atoms with Crippen molar-refractivity contribution in [1.82, 2.24) is 4.90 Å². The number of anilines is 1. The van der Waals surface area contributed by atoms with E-state index < -0.39 is 0 Å². The van der Waals surface area contributed by atoms with Gasteiger partial charge in [0.2, 0.25) is 5.91 Å². The quantitative estimate of drug-likeness (QED) is 0.787. The fourth-order valence-corrected chi connectivity index (χ4v) is 3.14. The van der Waals surface area contributed by atoms with Gasteiger partial charge < -0.3 is 24.0 Å². The molecule has 2 saturated heterocycles. The molecular formula is C18H26N2O4. The van der Waals surface area contributed by atoms with Gasteiger partial charge in [0.05, 0.1) is 20.3 Å². The van der Waals surface area contributed by atoms with Crippen molar-refractivity contribution in [1.29, 1.82) is 0 Å². The molecule has 1 amide bonds. The van der Waals surface area contributed by atoms with Crippen LogP contribution in [-0.4, -0.2) is 70.5 Å². The van der Waals surface area contributed by atoms with Crippen LogP contribution in [0.15, 0.2) is 24.3 Å². The number of rotatable bonds is 6. The average Bonchev–Trinajstić information content (AvgIpc) is 3.15. The van der Waals surface area contributed by atoms with Crippen molar-refractivity contribution < 1.29 is 19.0 Å². The number of hydrogen-bond donors (Lipinski definition) is 0. The molecule has 0 aromatic heterocycles. The molecular weight excluding hydrogens is 308 g/mol. The zero-order valence-electron chi connectivity index (χ0n) is 14.3. The summed E-state index contributed by atoms with van der Waals surface area (Å²) in [4.78, 5) is 16.4. The molecule has 24 heavy (non-hydrogen) atoms. The van der Waals surface area contributed by atoms with Crippen LogP contribution in [0.2, 0.25) is 0 Å². The van der Waals surface area contributed by atoms with E-state index in [9.17, 15) is 4.79 Å². The smallest absolute Gasteiger partial charge is 0.248 e. The molecule has 1 atom stereocenters. The highest BCUT2D eigenvalue weighted by Crippen LogP contribution is 2.22. The Morgan fingerprint density at radius 2 is 2.12 bits per heavy atom. The van der Waals surface area contributed by atoms with Gasteiger partial charge in [0, 0.05) is 50.5 Å². The molecule has 0 spiro atoms. The second-order valence-corrected chi connectivity index (χ2v) is 6.31. The number of hydrogen-bond acceptors (Lipinski definition) is 5. The zero-order valence-corrected chi connectivity index (χ0v) is 14.3. The zero-order chi connectivity index (χ0) is 16.8. The molecule has 2 aliphatic heterocycles. The van der Waals surface area contributed by atoms with Crippen molar-refractivity contribution in [3.8, 4) is 5.75 Å². The SMILES string of the molecule is COc1cccc(N2CCN(C(=O)COC[C@H]3CCOC3)CC2)c1. The summed E-state index contributed by atoms with van der Waals surface area (Å²) in [5.41, 5.74) is 1.14. The van der Waals surface area contributed by atoms with Crippen LogP contribution < -0.4 is 9.64 Å². The van der Waals surface area contributed by atoms with Crippen molar-refractivity contribution >= 4 is 11.6 Å². The molecule has 2 aliphatic rings. The Labute approximate surface area is 143 Å².